The number of nitrogens with two attached hydrogens (primary N) is 1. The van der Waals surface area contributed by atoms with Gasteiger partial charge in [0.1, 0.15) is 5.82 Å². The zero-order valence-electron chi connectivity index (χ0n) is 6.46. The molecule has 0 saturated heterocycles. The highest BCUT2D eigenvalue weighted by Crippen LogP contribution is 1.82. The highest BCUT2D eigenvalue weighted by Gasteiger charge is 1.77. The smallest absolute Gasteiger partial charge is 0.122 e. The lowest BCUT2D eigenvalue weighted by atomic mass is 10.5. The molecule has 3 N–H and O–H groups in total. The molecule has 3 heteroatoms. The third-order valence-corrected chi connectivity index (χ3v) is 0.857. The van der Waals surface area contributed by atoms with Gasteiger partial charge in [-0.1, -0.05) is 19.2 Å². The van der Waals surface area contributed by atoms with Crippen molar-refractivity contribution in [2.24, 2.45) is 10.7 Å². The van der Waals surface area contributed by atoms with Crippen LogP contribution in [0.4, 0.5) is 0 Å². The second kappa shape index (κ2) is 6.77. The Kier molecular flexibility index (Phi) is 5.94. The summed E-state index contributed by atoms with van der Waals surface area (Å²) in [7, 11) is 0. The van der Waals surface area contributed by atoms with Crippen molar-refractivity contribution in [3.63, 3.8) is 0 Å². The number of allylic oxidation sites excluding steroid dienone is 1. The monoisotopic (exact) mass is 151 g/mol. The summed E-state index contributed by atoms with van der Waals surface area (Å²) in [5.74, 6) is 0.557. The molecule has 0 spiro atoms. The third kappa shape index (κ3) is 6.54. The Morgan fingerprint density at radius 1 is 1.64 bits per heavy atom. The summed E-state index contributed by atoms with van der Waals surface area (Å²) in [6.07, 6.45) is 6.69. The molecule has 60 valence electrons. The van der Waals surface area contributed by atoms with Crippen LogP contribution in [-0.4, -0.2) is 12.8 Å². The fraction of sp³-hybridized carbons (Fsp3) is 0.125. The van der Waals surface area contributed by atoms with Gasteiger partial charge in [0.05, 0.1) is 0 Å². The fourth-order valence-electron chi connectivity index (χ4n) is 0.428. The van der Waals surface area contributed by atoms with Crippen molar-refractivity contribution in [1.82, 2.24) is 5.32 Å². The molecular formula is C8H13N3. The van der Waals surface area contributed by atoms with Crippen molar-refractivity contribution in [2.45, 2.75) is 0 Å². The second-order valence-electron chi connectivity index (χ2n) is 1.74. The van der Waals surface area contributed by atoms with Crippen LogP contribution in [0.15, 0.2) is 42.3 Å². The van der Waals surface area contributed by atoms with Crippen molar-refractivity contribution >= 4 is 6.21 Å². The minimum Gasteiger partial charge on any atom is -0.348 e. The molecule has 0 unspecified atom stereocenters. The Bertz CT molecular complexity index is 180. The molecule has 0 radical (unpaired) electrons. The van der Waals surface area contributed by atoms with Gasteiger partial charge >= 0.3 is 0 Å². The number of nitrogens with zero attached hydrogens (tertiary/aromatic N) is 1. The summed E-state index contributed by atoms with van der Waals surface area (Å²) >= 11 is 0. The van der Waals surface area contributed by atoms with Crippen LogP contribution in [0.25, 0.3) is 0 Å². The largest absolute Gasteiger partial charge is 0.348 e. The lowest BCUT2D eigenvalue weighted by Crippen LogP contribution is -1.99. The molecule has 0 atom stereocenters. The Hall–Kier alpha value is -1.35. The van der Waals surface area contributed by atoms with Gasteiger partial charge in [-0.15, -0.1) is 0 Å². The van der Waals surface area contributed by atoms with Crippen molar-refractivity contribution in [2.75, 3.05) is 6.54 Å². The molecule has 0 aliphatic carbocycles. The summed E-state index contributed by atoms with van der Waals surface area (Å²) in [6.45, 7) is 7.58. The number of nitrogens with one attached hydrogen (secondary N) is 1. The Labute approximate surface area is 67.0 Å². The van der Waals surface area contributed by atoms with Crippen LogP contribution < -0.4 is 11.1 Å². The predicted octanol–water partition coefficient (Wildman–Crippen LogP) is 0.776. The van der Waals surface area contributed by atoms with Crippen molar-refractivity contribution < 1.29 is 0 Å². The molecule has 0 amide bonds. The quantitative estimate of drug-likeness (QED) is 0.570. The van der Waals surface area contributed by atoms with Crippen molar-refractivity contribution in [1.29, 1.82) is 0 Å². The van der Waals surface area contributed by atoms with Crippen LogP contribution in [0.1, 0.15) is 0 Å². The maximum Gasteiger partial charge on any atom is 0.122 e. The first kappa shape index (κ1) is 9.65. The van der Waals surface area contributed by atoms with E-state index in [2.05, 4.69) is 23.5 Å². The van der Waals surface area contributed by atoms with Gasteiger partial charge in [0.25, 0.3) is 0 Å². The summed E-state index contributed by atoms with van der Waals surface area (Å²) in [6, 6.07) is 0. The van der Waals surface area contributed by atoms with E-state index in [-0.39, 0.29) is 0 Å². The first-order chi connectivity index (χ1) is 5.31. The molecule has 0 aromatic carbocycles. The van der Waals surface area contributed by atoms with E-state index in [0.29, 0.717) is 12.4 Å². The summed E-state index contributed by atoms with van der Waals surface area (Å²) < 4.78 is 0. The number of aliphatic imine (C=N–C) groups is 1. The maximum absolute atomic E-state index is 5.20. The van der Waals surface area contributed by atoms with Crippen LogP contribution in [0.2, 0.25) is 0 Å². The van der Waals surface area contributed by atoms with Gasteiger partial charge < -0.3 is 11.1 Å². The van der Waals surface area contributed by atoms with Gasteiger partial charge in [-0.05, 0) is 12.3 Å². The second-order valence-corrected chi connectivity index (χ2v) is 1.74. The third-order valence-electron chi connectivity index (χ3n) is 0.857. The van der Waals surface area contributed by atoms with Crippen LogP contribution in [0.3, 0.4) is 0 Å². The molecule has 0 bridgehead atoms. The molecule has 0 aliphatic heterocycles. The summed E-state index contributed by atoms with van der Waals surface area (Å²) in [5, 5.41) is 2.73. The molecular weight excluding hydrogens is 138 g/mol. The first-order valence-electron chi connectivity index (χ1n) is 3.27. The average Bonchev–Trinajstić information content (AvgIpc) is 1.99. The van der Waals surface area contributed by atoms with E-state index in [1.807, 2.05) is 0 Å². The fourth-order valence-corrected chi connectivity index (χ4v) is 0.428. The highest BCUT2D eigenvalue weighted by molar-refractivity contribution is 5.71. The zero-order valence-corrected chi connectivity index (χ0v) is 6.46. The van der Waals surface area contributed by atoms with E-state index in [1.165, 1.54) is 6.20 Å². The van der Waals surface area contributed by atoms with Crippen molar-refractivity contribution in [3.8, 4) is 0 Å². The molecule has 0 aromatic heterocycles. The van der Waals surface area contributed by atoms with Crippen LogP contribution >= 0.6 is 0 Å². The van der Waals surface area contributed by atoms with E-state index >= 15 is 0 Å². The van der Waals surface area contributed by atoms with Gasteiger partial charge in [-0.3, -0.25) is 0 Å². The van der Waals surface area contributed by atoms with E-state index in [0.717, 1.165) is 0 Å². The molecule has 3 nitrogen and oxygen atoms in total. The van der Waals surface area contributed by atoms with Crippen LogP contribution in [-0.2, 0) is 0 Å². The van der Waals surface area contributed by atoms with E-state index in [1.54, 1.807) is 18.4 Å². The van der Waals surface area contributed by atoms with Crippen LogP contribution in [0.5, 0.6) is 0 Å². The van der Waals surface area contributed by atoms with Gasteiger partial charge in [-0.2, -0.15) is 0 Å². The SMILES string of the molecule is C=CNC(=C)/N=C\C=C/CN. The topological polar surface area (TPSA) is 50.4 Å². The molecule has 0 aliphatic rings. The molecule has 0 fully saturated rings. The Morgan fingerprint density at radius 3 is 2.91 bits per heavy atom. The zero-order chi connectivity index (χ0) is 8.53. The highest BCUT2D eigenvalue weighted by atomic mass is 15.0. The maximum atomic E-state index is 5.20. The molecule has 11 heavy (non-hydrogen) atoms. The number of hydrogen-bond donors (Lipinski definition) is 2. The van der Waals surface area contributed by atoms with Crippen molar-refractivity contribution in [3.05, 3.63) is 37.3 Å². The van der Waals surface area contributed by atoms with E-state index in [9.17, 15) is 0 Å². The van der Waals surface area contributed by atoms with Crippen LogP contribution in [0, 0.1) is 0 Å². The molecule has 0 rings (SSSR count). The molecule has 0 aromatic rings. The minimum absolute atomic E-state index is 0.521. The molecule has 0 saturated carbocycles. The Morgan fingerprint density at radius 2 is 2.36 bits per heavy atom. The molecule has 0 heterocycles. The van der Waals surface area contributed by atoms with Gasteiger partial charge in [0.2, 0.25) is 0 Å². The minimum atomic E-state index is 0.521. The van der Waals surface area contributed by atoms with E-state index in [4.69, 9.17) is 5.73 Å². The van der Waals surface area contributed by atoms with E-state index < -0.39 is 0 Å². The van der Waals surface area contributed by atoms with Gasteiger partial charge in [0.15, 0.2) is 0 Å². The standard InChI is InChI=1S/C8H13N3/c1-3-10-8(2)11-7-5-4-6-9/h3-5,7,10H,1-2,6,9H2/b5-4-,11-7-. The average molecular weight is 151 g/mol. The lowest BCUT2D eigenvalue weighted by molar-refractivity contribution is 1.05. The lowest BCUT2D eigenvalue weighted by Gasteiger charge is -1.93. The summed E-state index contributed by atoms with van der Waals surface area (Å²) in [4.78, 5) is 3.91. The first-order valence-corrected chi connectivity index (χ1v) is 3.27. The number of hydrogen-bond acceptors (Lipinski definition) is 3. The van der Waals surface area contributed by atoms with Gasteiger partial charge in [-0.25, -0.2) is 4.99 Å². The Balaban J connectivity index is 3.64. The number of rotatable bonds is 5. The normalized spacial score (nSPS) is 10.6. The van der Waals surface area contributed by atoms with Gasteiger partial charge in [0, 0.05) is 12.8 Å². The predicted molar refractivity (Wildman–Crippen MR) is 49.2 cm³/mol. The summed E-state index contributed by atoms with van der Waals surface area (Å²) in [5.41, 5.74) is 5.20.